The minimum atomic E-state index is -3.70. The van der Waals surface area contributed by atoms with Crippen molar-refractivity contribution in [3.05, 3.63) is 64.6 Å². The van der Waals surface area contributed by atoms with E-state index in [0.717, 1.165) is 11.3 Å². The fourth-order valence-electron chi connectivity index (χ4n) is 3.56. The maximum Gasteiger partial charge on any atom is 0.266 e. The van der Waals surface area contributed by atoms with Gasteiger partial charge in [0.2, 0.25) is 15.9 Å². The molecule has 1 aromatic carbocycles. The van der Waals surface area contributed by atoms with Crippen molar-refractivity contribution < 1.29 is 17.6 Å². The van der Waals surface area contributed by atoms with Gasteiger partial charge in [-0.05, 0) is 54.8 Å². The van der Waals surface area contributed by atoms with Crippen LogP contribution in [-0.2, 0) is 27.8 Å². The number of nitrogens with zero attached hydrogens (tertiary/aromatic N) is 3. The van der Waals surface area contributed by atoms with Gasteiger partial charge >= 0.3 is 0 Å². The first kappa shape index (κ1) is 21.0. The maximum atomic E-state index is 12.6. The Kier molecular flexibility index (Phi) is 5.75. The highest BCUT2D eigenvalue weighted by atomic mass is 32.2. The average Bonchev–Trinajstić information content (AvgIpc) is 3.42. The van der Waals surface area contributed by atoms with E-state index in [4.69, 9.17) is 4.42 Å². The van der Waals surface area contributed by atoms with E-state index in [1.165, 1.54) is 30.0 Å². The Morgan fingerprint density at radius 2 is 2.06 bits per heavy atom. The first-order valence-corrected chi connectivity index (χ1v) is 11.4. The molecule has 31 heavy (non-hydrogen) atoms. The van der Waals surface area contributed by atoms with E-state index in [9.17, 15) is 18.0 Å². The quantitative estimate of drug-likeness (QED) is 0.558. The molecule has 0 saturated heterocycles. The molecule has 0 fully saturated rings. The summed E-state index contributed by atoms with van der Waals surface area (Å²) >= 11 is 0. The van der Waals surface area contributed by atoms with Crippen molar-refractivity contribution in [2.75, 3.05) is 18.0 Å². The van der Waals surface area contributed by atoms with Gasteiger partial charge in [0.15, 0.2) is 5.76 Å². The molecule has 0 unspecified atom stereocenters. The smallest absolute Gasteiger partial charge is 0.266 e. The normalized spacial score (nSPS) is 13.4. The third-order valence-electron chi connectivity index (χ3n) is 5.12. The molecule has 2 aromatic heterocycles. The molecule has 162 valence electrons. The zero-order valence-corrected chi connectivity index (χ0v) is 17.8. The number of hydrogen-bond acceptors (Lipinski definition) is 6. The fraction of sp³-hybridized carbons (Fsp3) is 0.286. The molecule has 1 N–H and O–H groups in total. The van der Waals surface area contributed by atoms with Crippen molar-refractivity contribution in [1.82, 2.24) is 14.5 Å². The number of sulfonamides is 1. The number of carbonyl (C=O) groups excluding carboxylic acids is 1. The van der Waals surface area contributed by atoms with Crippen LogP contribution in [0.25, 0.3) is 11.5 Å². The zero-order chi connectivity index (χ0) is 22.0. The minimum Gasteiger partial charge on any atom is -0.463 e. The molecule has 1 amide bonds. The second-order valence-electron chi connectivity index (χ2n) is 7.22. The Labute approximate surface area is 179 Å². The van der Waals surface area contributed by atoms with Crippen LogP contribution < -0.4 is 15.2 Å². The van der Waals surface area contributed by atoms with Gasteiger partial charge in [0.1, 0.15) is 5.69 Å². The van der Waals surface area contributed by atoms with E-state index >= 15 is 0 Å². The zero-order valence-electron chi connectivity index (χ0n) is 16.9. The van der Waals surface area contributed by atoms with E-state index in [0.29, 0.717) is 30.8 Å². The lowest BCUT2D eigenvalue weighted by atomic mass is 10.2. The molecule has 4 rings (SSSR count). The van der Waals surface area contributed by atoms with Gasteiger partial charge in [-0.1, -0.05) is 0 Å². The molecular weight excluding hydrogens is 420 g/mol. The van der Waals surface area contributed by atoms with E-state index in [1.807, 2.05) is 0 Å². The van der Waals surface area contributed by atoms with Crippen LogP contribution in [0.15, 0.2) is 62.8 Å². The average molecular weight is 442 g/mol. The summed E-state index contributed by atoms with van der Waals surface area (Å²) in [5.41, 5.74) is 1.85. The summed E-state index contributed by atoms with van der Waals surface area (Å²) in [4.78, 5) is 25.5. The van der Waals surface area contributed by atoms with Crippen LogP contribution in [0.3, 0.4) is 0 Å². The van der Waals surface area contributed by atoms with Crippen LogP contribution in [0, 0.1) is 0 Å². The van der Waals surface area contributed by atoms with Crippen LogP contribution in [0.1, 0.15) is 18.9 Å². The van der Waals surface area contributed by atoms with E-state index in [-0.39, 0.29) is 29.5 Å². The molecular formula is C21H22N4O5S. The summed E-state index contributed by atoms with van der Waals surface area (Å²) < 4.78 is 34.4. The SMILES string of the molecule is CC(=O)N1CCc2cc(S(=O)(=O)NCCCn3nc(-c4ccco4)ccc3=O)ccc21. The Morgan fingerprint density at radius 3 is 2.81 bits per heavy atom. The molecule has 0 saturated carbocycles. The Bertz CT molecular complexity index is 1270. The Hall–Kier alpha value is -3.24. The maximum absolute atomic E-state index is 12.6. The molecule has 1 aliphatic heterocycles. The largest absolute Gasteiger partial charge is 0.463 e. The number of aromatic nitrogens is 2. The standard InChI is InChI=1S/C21H22N4O5S/c1-15(26)24-12-9-16-14-17(5-7-19(16)24)31(28,29)22-10-3-11-25-21(27)8-6-18(23-25)20-4-2-13-30-20/h2,4-8,13-14,22H,3,9-12H2,1H3. The molecule has 10 heteroatoms. The lowest BCUT2D eigenvalue weighted by molar-refractivity contribution is -0.116. The van der Waals surface area contributed by atoms with Crippen LogP contribution in [0.5, 0.6) is 0 Å². The molecule has 0 bridgehead atoms. The molecule has 1 aliphatic rings. The van der Waals surface area contributed by atoms with Crippen molar-refractivity contribution in [2.24, 2.45) is 0 Å². The lowest BCUT2D eigenvalue weighted by Crippen LogP contribution is -2.28. The molecule has 0 radical (unpaired) electrons. The van der Waals surface area contributed by atoms with E-state index in [2.05, 4.69) is 9.82 Å². The van der Waals surface area contributed by atoms with E-state index in [1.54, 1.807) is 35.2 Å². The van der Waals surface area contributed by atoms with Crippen molar-refractivity contribution in [3.63, 3.8) is 0 Å². The van der Waals surface area contributed by atoms with Crippen LogP contribution in [0.2, 0.25) is 0 Å². The van der Waals surface area contributed by atoms with Gasteiger partial charge in [-0.2, -0.15) is 5.10 Å². The van der Waals surface area contributed by atoms with Crippen molar-refractivity contribution in [2.45, 2.75) is 31.2 Å². The molecule has 0 atom stereocenters. The summed E-state index contributed by atoms with van der Waals surface area (Å²) in [5.74, 6) is 0.488. The van der Waals surface area contributed by atoms with Crippen molar-refractivity contribution in [3.8, 4) is 11.5 Å². The van der Waals surface area contributed by atoms with Crippen molar-refractivity contribution in [1.29, 1.82) is 0 Å². The molecule has 3 heterocycles. The summed E-state index contributed by atoms with van der Waals surface area (Å²) in [7, 11) is -3.70. The summed E-state index contributed by atoms with van der Waals surface area (Å²) in [6, 6.07) is 11.3. The predicted octanol–water partition coefficient (Wildman–Crippen LogP) is 1.78. The molecule has 9 nitrogen and oxygen atoms in total. The predicted molar refractivity (Wildman–Crippen MR) is 114 cm³/mol. The van der Waals surface area contributed by atoms with E-state index < -0.39 is 10.0 Å². The topological polar surface area (TPSA) is 115 Å². The minimum absolute atomic E-state index is 0.0625. The number of nitrogens with one attached hydrogen (secondary N) is 1. The van der Waals surface area contributed by atoms with Gasteiger partial charge in [0, 0.05) is 38.3 Å². The Balaban J connectivity index is 1.39. The highest BCUT2D eigenvalue weighted by molar-refractivity contribution is 7.89. The summed E-state index contributed by atoms with van der Waals surface area (Å²) in [6.45, 7) is 2.46. The number of amides is 1. The second-order valence-corrected chi connectivity index (χ2v) is 8.99. The number of aryl methyl sites for hydroxylation is 1. The number of hydrogen-bond donors (Lipinski definition) is 1. The number of fused-ring (bicyclic) bond motifs is 1. The number of benzene rings is 1. The van der Waals surface area contributed by atoms with Gasteiger partial charge in [-0.3, -0.25) is 9.59 Å². The van der Waals surface area contributed by atoms with Crippen LogP contribution in [0.4, 0.5) is 5.69 Å². The lowest BCUT2D eigenvalue weighted by Gasteiger charge is -2.15. The first-order chi connectivity index (χ1) is 14.8. The number of furan rings is 1. The van der Waals surface area contributed by atoms with Gasteiger partial charge in [0.25, 0.3) is 5.56 Å². The molecule has 3 aromatic rings. The number of rotatable bonds is 7. The first-order valence-electron chi connectivity index (χ1n) is 9.88. The monoisotopic (exact) mass is 442 g/mol. The summed E-state index contributed by atoms with van der Waals surface area (Å²) in [5, 5.41) is 4.27. The molecule has 0 spiro atoms. The van der Waals surface area contributed by atoms with Crippen LogP contribution in [-0.4, -0.2) is 37.2 Å². The highest BCUT2D eigenvalue weighted by Gasteiger charge is 2.24. The number of carbonyl (C=O) groups is 1. The van der Waals surface area contributed by atoms with Crippen molar-refractivity contribution >= 4 is 21.6 Å². The van der Waals surface area contributed by atoms with Gasteiger partial charge < -0.3 is 9.32 Å². The van der Waals surface area contributed by atoms with Gasteiger partial charge in [-0.15, -0.1) is 0 Å². The number of anilines is 1. The second kappa shape index (κ2) is 8.48. The Morgan fingerprint density at radius 1 is 1.23 bits per heavy atom. The fourth-order valence-corrected chi connectivity index (χ4v) is 4.68. The molecule has 0 aliphatic carbocycles. The van der Waals surface area contributed by atoms with Gasteiger partial charge in [0.05, 0.1) is 11.2 Å². The summed E-state index contributed by atoms with van der Waals surface area (Å²) in [6.07, 6.45) is 2.54. The third-order valence-corrected chi connectivity index (χ3v) is 6.57. The third kappa shape index (κ3) is 4.44. The van der Waals surface area contributed by atoms with Gasteiger partial charge in [-0.25, -0.2) is 17.8 Å². The highest BCUT2D eigenvalue weighted by Crippen LogP contribution is 2.30. The van der Waals surface area contributed by atoms with Crippen LogP contribution >= 0.6 is 0 Å².